The maximum Gasteiger partial charge on any atom is 0.237 e. The number of carbonyl (C=O) groups is 1. The standard InChI is InChI=1S/C25H29ClFN5O4/c1-25(2,12-33)31-24(34)19-8-14(11-32(19)3)36-21-9-15-18(10-20(21)35-4)28-13-29-23(15)30-17-7-5-6-16(26)22(17)27/h5-7,9-10,13-14,19,33H,8,11-12H2,1-4H3,(H,31,34)(H,28,29,30)/t14-,19-/m0/s1/i3D. The van der Waals surface area contributed by atoms with Crippen LogP contribution >= 0.6 is 11.6 Å². The van der Waals surface area contributed by atoms with Crippen LogP contribution in [-0.2, 0) is 4.79 Å². The van der Waals surface area contributed by atoms with E-state index in [2.05, 4.69) is 20.6 Å². The molecule has 192 valence electrons. The number of likely N-dealkylation sites (N-methyl/N-ethyl adjacent to an activating group) is 1. The molecule has 2 atom stereocenters. The lowest BCUT2D eigenvalue weighted by atomic mass is 10.1. The molecule has 0 bridgehead atoms. The Hall–Kier alpha value is -3.21. The van der Waals surface area contributed by atoms with Gasteiger partial charge in [0.15, 0.2) is 17.3 Å². The molecule has 1 saturated heterocycles. The number of nitrogens with zero attached hydrogens (tertiary/aromatic N) is 3. The second-order valence-electron chi connectivity index (χ2n) is 9.26. The van der Waals surface area contributed by atoms with Crippen LogP contribution in [0.1, 0.15) is 21.6 Å². The number of likely N-dealkylation sites (tertiary alicyclic amines) is 1. The van der Waals surface area contributed by atoms with Crippen molar-refractivity contribution in [1.82, 2.24) is 20.2 Å². The Bertz CT molecular complexity index is 1300. The van der Waals surface area contributed by atoms with E-state index < -0.39 is 23.5 Å². The first-order valence-electron chi connectivity index (χ1n) is 12.0. The van der Waals surface area contributed by atoms with Gasteiger partial charge in [0.2, 0.25) is 5.91 Å². The Morgan fingerprint density at radius 2 is 2.17 bits per heavy atom. The topological polar surface area (TPSA) is 109 Å². The van der Waals surface area contributed by atoms with Gasteiger partial charge in [0.25, 0.3) is 0 Å². The Morgan fingerprint density at radius 1 is 1.36 bits per heavy atom. The number of aliphatic hydroxyl groups is 1. The van der Waals surface area contributed by atoms with Crippen LogP contribution in [-0.4, -0.2) is 70.9 Å². The zero-order valence-electron chi connectivity index (χ0n) is 21.2. The SMILES string of the molecule is [2H]CN1C[C@@H](Oc2cc3c(Nc4cccc(Cl)c4F)ncnc3cc2OC)C[C@H]1C(=O)NC(C)(C)CO. The van der Waals surface area contributed by atoms with Gasteiger partial charge in [0, 0.05) is 25.8 Å². The minimum atomic E-state index is -0.781. The van der Waals surface area contributed by atoms with Gasteiger partial charge in [-0.2, -0.15) is 0 Å². The lowest BCUT2D eigenvalue weighted by Gasteiger charge is -2.27. The van der Waals surface area contributed by atoms with Crippen LogP contribution in [0.3, 0.4) is 0 Å². The fourth-order valence-corrected chi connectivity index (χ4v) is 4.17. The first-order valence-corrected chi connectivity index (χ1v) is 11.7. The zero-order chi connectivity index (χ0) is 26.7. The zero-order valence-corrected chi connectivity index (χ0v) is 21.0. The van der Waals surface area contributed by atoms with Crippen LogP contribution in [0.4, 0.5) is 15.9 Å². The molecule has 1 amide bonds. The summed E-state index contributed by atoms with van der Waals surface area (Å²) in [5.74, 6) is 0.299. The quantitative estimate of drug-likeness (QED) is 0.416. The van der Waals surface area contributed by atoms with Gasteiger partial charge >= 0.3 is 0 Å². The van der Waals surface area contributed by atoms with E-state index in [-0.39, 0.29) is 30.2 Å². The number of fused-ring (bicyclic) bond motifs is 1. The van der Waals surface area contributed by atoms with Crippen LogP contribution in [0, 0.1) is 5.82 Å². The summed E-state index contributed by atoms with van der Waals surface area (Å²) in [5, 5.41) is 15.8. The van der Waals surface area contributed by atoms with Crippen molar-refractivity contribution in [2.75, 3.05) is 32.6 Å². The predicted molar refractivity (Wildman–Crippen MR) is 136 cm³/mol. The van der Waals surface area contributed by atoms with Gasteiger partial charge in [0.1, 0.15) is 18.2 Å². The lowest BCUT2D eigenvalue weighted by molar-refractivity contribution is -0.127. The molecule has 0 unspecified atom stereocenters. The minimum Gasteiger partial charge on any atom is -0.493 e. The fraction of sp³-hybridized carbons (Fsp3) is 0.400. The number of hydrogen-bond acceptors (Lipinski definition) is 8. The van der Waals surface area contributed by atoms with Gasteiger partial charge < -0.3 is 25.2 Å². The Labute approximate surface area is 215 Å². The van der Waals surface area contributed by atoms with Gasteiger partial charge in [0.05, 0.1) is 41.5 Å². The summed E-state index contributed by atoms with van der Waals surface area (Å²) < 4.78 is 34.2. The second-order valence-corrected chi connectivity index (χ2v) is 9.67. The number of benzene rings is 2. The van der Waals surface area contributed by atoms with E-state index in [4.69, 9.17) is 22.4 Å². The minimum absolute atomic E-state index is 0.0183. The molecule has 0 radical (unpaired) electrons. The number of aliphatic hydroxyl groups excluding tert-OH is 1. The van der Waals surface area contributed by atoms with Crippen LogP contribution in [0.2, 0.25) is 5.02 Å². The summed E-state index contributed by atoms with van der Waals surface area (Å²) in [7, 11) is 1.42. The van der Waals surface area contributed by atoms with E-state index in [1.54, 1.807) is 43.0 Å². The monoisotopic (exact) mass is 518 g/mol. The summed E-state index contributed by atoms with van der Waals surface area (Å²) in [6, 6.07) is 7.44. The van der Waals surface area contributed by atoms with Crippen LogP contribution in [0.15, 0.2) is 36.7 Å². The largest absolute Gasteiger partial charge is 0.493 e. The van der Waals surface area contributed by atoms with Crippen LogP contribution < -0.4 is 20.1 Å². The number of amides is 1. The Kier molecular flexibility index (Phi) is 7.08. The molecule has 1 aromatic heterocycles. The normalized spacial score (nSPS) is 18.7. The Balaban J connectivity index is 1.61. The van der Waals surface area contributed by atoms with Crippen molar-refractivity contribution in [3.8, 4) is 11.5 Å². The van der Waals surface area contributed by atoms with Crippen molar-refractivity contribution in [3.05, 3.63) is 47.5 Å². The number of ether oxygens (including phenoxy) is 2. The molecular weight excluding hydrogens is 489 g/mol. The van der Waals surface area contributed by atoms with E-state index in [9.17, 15) is 14.3 Å². The molecule has 1 aliphatic heterocycles. The summed E-state index contributed by atoms with van der Waals surface area (Å²) in [6.07, 6.45) is 1.29. The van der Waals surface area contributed by atoms with Crippen molar-refractivity contribution in [2.45, 2.75) is 38.0 Å². The van der Waals surface area contributed by atoms with Gasteiger partial charge in [-0.25, -0.2) is 14.4 Å². The molecule has 0 aliphatic carbocycles. The highest BCUT2D eigenvalue weighted by atomic mass is 35.5. The van der Waals surface area contributed by atoms with Gasteiger partial charge in [-0.1, -0.05) is 17.7 Å². The van der Waals surface area contributed by atoms with E-state index in [0.29, 0.717) is 41.2 Å². The number of anilines is 2. The Morgan fingerprint density at radius 3 is 2.89 bits per heavy atom. The summed E-state index contributed by atoms with van der Waals surface area (Å²) in [4.78, 5) is 23.1. The number of nitrogens with one attached hydrogen (secondary N) is 2. The second kappa shape index (κ2) is 10.4. The lowest BCUT2D eigenvalue weighted by Crippen LogP contribution is -2.52. The van der Waals surface area contributed by atoms with Crippen LogP contribution in [0.25, 0.3) is 10.9 Å². The number of hydrogen-bond donors (Lipinski definition) is 3. The fourth-order valence-electron chi connectivity index (χ4n) is 4.00. The number of halogens is 2. The first kappa shape index (κ1) is 24.5. The number of carbonyl (C=O) groups excluding carboxylic acids is 1. The average molecular weight is 519 g/mol. The van der Waals surface area contributed by atoms with Crippen LogP contribution in [0.5, 0.6) is 11.5 Å². The van der Waals surface area contributed by atoms with Crippen molar-refractivity contribution >= 4 is 39.9 Å². The maximum atomic E-state index is 14.5. The molecule has 0 spiro atoms. The number of rotatable bonds is 8. The van der Waals surface area contributed by atoms with Gasteiger partial charge in [-0.3, -0.25) is 9.69 Å². The van der Waals surface area contributed by atoms with E-state index in [0.717, 1.165) is 0 Å². The maximum absolute atomic E-state index is 14.5. The molecule has 0 saturated carbocycles. The molecule has 1 fully saturated rings. The van der Waals surface area contributed by atoms with Crippen molar-refractivity contribution in [2.24, 2.45) is 0 Å². The summed E-state index contributed by atoms with van der Waals surface area (Å²) >= 11 is 5.92. The molecule has 1 aliphatic rings. The highest BCUT2D eigenvalue weighted by Gasteiger charge is 2.37. The summed E-state index contributed by atoms with van der Waals surface area (Å²) in [6.45, 7) is 3.59. The van der Waals surface area contributed by atoms with Crippen molar-refractivity contribution in [3.63, 3.8) is 0 Å². The average Bonchev–Trinajstić information content (AvgIpc) is 3.29. The third-order valence-electron chi connectivity index (χ3n) is 5.94. The number of methoxy groups -OCH3 is 1. The van der Waals surface area contributed by atoms with Gasteiger partial charge in [-0.05, 0) is 39.1 Å². The molecule has 2 heterocycles. The van der Waals surface area contributed by atoms with Crippen molar-refractivity contribution < 1.29 is 25.1 Å². The third kappa shape index (κ3) is 5.45. The summed E-state index contributed by atoms with van der Waals surface area (Å²) in [5.41, 5.74) is -0.0731. The predicted octanol–water partition coefficient (Wildman–Crippen LogP) is 3.51. The van der Waals surface area contributed by atoms with Gasteiger partial charge in [-0.15, -0.1) is 0 Å². The van der Waals surface area contributed by atoms with E-state index in [1.165, 1.54) is 19.5 Å². The molecule has 3 aromatic rings. The first-order chi connectivity index (χ1) is 17.7. The smallest absolute Gasteiger partial charge is 0.237 e. The number of aromatic nitrogens is 2. The third-order valence-corrected chi connectivity index (χ3v) is 6.24. The molecular formula is C25H29ClFN5O4. The molecule has 9 nitrogen and oxygen atoms in total. The van der Waals surface area contributed by atoms with E-state index >= 15 is 0 Å². The molecule has 11 heteroatoms. The highest BCUT2D eigenvalue weighted by Crippen LogP contribution is 2.37. The molecule has 4 rings (SSSR count). The van der Waals surface area contributed by atoms with Crippen molar-refractivity contribution in [1.29, 1.82) is 0 Å². The molecule has 2 aromatic carbocycles. The van der Waals surface area contributed by atoms with E-state index in [1.807, 2.05) is 0 Å². The highest BCUT2D eigenvalue weighted by molar-refractivity contribution is 6.31. The molecule has 3 N–H and O–H groups in total. The molecule has 36 heavy (non-hydrogen) atoms.